The molecule has 1 N–H and O–H groups in total. The van der Waals surface area contributed by atoms with Crippen LogP contribution in [0.1, 0.15) is 60.2 Å². The first-order chi connectivity index (χ1) is 10.9. The molecule has 0 radical (unpaired) electrons. The van der Waals surface area contributed by atoms with Crippen LogP contribution in [-0.4, -0.2) is 21.3 Å². The monoisotopic (exact) mass is 316 g/mol. The molecule has 22 heavy (non-hydrogen) atoms. The van der Waals surface area contributed by atoms with Crippen molar-refractivity contribution >= 4 is 11.3 Å². The highest BCUT2D eigenvalue weighted by atomic mass is 32.1. The summed E-state index contributed by atoms with van der Waals surface area (Å²) in [5, 5.41) is 14.8. The van der Waals surface area contributed by atoms with Gasteiger partial charge in [-0.15, -0.1) is 21.5 Å². The lowest BCUT2D eigenvalue weighted by Crippen LogP contribution is -2.27. The fourth-order valence-corrected chi connectivity index (χ4v) is 4.77. The number of thiophene rings is 1. The Balaban J connectivity index is 1.37. The van der Waals surface area contributed by atoms with Crippen molar-refractivity contribution in [2.24, 2.45) is 0 Å². The van der Waals surface area contributed by atoms with E-state index in [1.165, 1.54) is 55.7 Å². The second-order valence-electron chi connectivity index (χ2n) is 6.44. The molecule has 1 aliphatic carbocycles. The fourth-order valence-electron chi connectivity index (χ4n) is 3.79. The molecular formula is C17H24N4S. The van der Waals surface area contributed by atoms with Crippen LogP contribution in [0, 0.1) is 0 Å². The van der Waals surface area contributed by atoms with Gasteiger partial charge >= 0.3 is 0 Å². The normalized spacial score (nSPS) is 21.2. The summed E-state index contributed by atoms with van der Waals surface area (Å²) in [5.74, 6) is 2.37. The van der Waals surface area contributed by atoms with Crippen molar-refractivity contribution in [3.8, 4) is 0 Å². The Morgan fingerprint density at radius 2 is 2.18 bits per heavy atom. The second kappa shape index (κ2) is 6.50. The molecule has 0 saturated heterocycles. The van der Waals surface area contributed by atoms with E-state index < -0.39 is 0 Å². The first-order valence-electron chi connectivity index (χ1n) is 8.62. The van der Waals surface area contributed by atoms with Crippen LogP contribution in [0.4, 0.5) is 0 Å². The first-order valence-corrected chi connectivity index (χ1v) is 9.50. The van der Waals surface area contributed by atoms with E-state index in [1.807, 2.05) is 11.3 Å². The smallest absolute Gasteiger partial charge is 0.134 e. The predicted octanol–water partition coefficient (Wildman–Crippen LogP) is 3.28. The highest BCUT2D eigenvalue weighted by Gasteiger charge is 2.21. The molecule has 118 valence electrons. The molecule has 0 aromatic carbocycles. The molecule has 2 aliphatic rings. The molecule has 1 aliphatic heterocycles. The first kappa shape index (κ1) is 14.4. The molecule has 4 nitrogen and oxygen atoms in total. The highest BCUT2D eigenvalue weighted by Crippen LogP contribution is 2.33. The topological polar surface area (TPSA) is 42.7 Å². The van der Waals surface area contributed by atoms with Crippen LogP contribution in [0.25, 0.3) is 0 Å². The molecule has 2 aromatic heterocycles. The largest absolute Gasteiger partial charge is 0.315 e. The van der Waals surface area contributed by atoms with Gasteiger partial charge in [0.1, 0.15) is 11.6 Å². The summed E-state index contributed by atoms with van der Waals surface area (Å²) in [6.45, 7) is 2.11. The lowest BCUT2D eigenvalue weighted by atomic mass is 9.94. The van der Waals surface area contributed by atoms with Gasteiger partial charge in [-0.2, -0.15) is 0 Å². The third kappa shape index (κ3) is 2.84. The van der Waals surface area contributed by atoms with Gasteiger partial charge in [0.2, 0.25) is 0 Å². The molecule has 2 aromatic rings. The molecular weight excluding hydrogens is 292 g/mol. The molecule has 4 rings (SSSR count). The quantitative estimate of drug-likeness (QED) is 0.941. The average Bonchev–Trinajstić information content (AvgIpc) is 3.09. The van der Waals surface area contributed by atoms with E-state index >= 15 is 0 Å². The Hall–Kier alpha value is -1.20. The van der Waals surface area contributed by atoms with Crippen LogP contribution < -0.4 is 5.32 Å². The van der Waals surface area contributed by atoms with E-state index in [9.17, 15) is 0 Å². The van der Waals surface area contributed by atoms with E-state index in [4.69, 9.17) is 0 Å². The molecule has 1 atom stereocenters. The van der Waals surface area contributed by atoms with Gasteiger partial charge in [-0.25, -0.2) is 0 Å². The summed E-state index contributed by atoms with van der Waals surface area (Å²) < 4.78 is 2.37. The minimum Gasteiger partial charge on any atom is -0.315 e. The number of nitrogens with zero attached hydrogens (tertiary/aromatic N) is 3. The summed E-state index contributed by atoms with van der Waals surface area (Å²) in [5.41, 5.74) is 1.54. The van der Waals surface area contributed by atoms with Gasteiger partial charge in [0.05, 0.1) is 0 Å². The van der Waals surface area contributed by atoms with Crippen LogP contribution in [-0.2, 0) is 25.8 Å². The van der Waals surface area contributed by atoms with Crippen LogP contribution in [0.15, 0.2) is 11.4 Å². The van der Waals surface area contributed by atoms with Crippen molar-refractivity contribution in [2.45, 2.75) is 64.0 Å². The molecule has 0 bridgehead atoms. The van der Waals surface area contributed by atoms with Gasteiger partial charge in [0.15, 0.2) is 0 Å². The Labute approximate surface area is 136 Å². The number of nitrogens with one attached hydrogen (secondary N) is 1. The van der Waals surface area contributed by atoms with Crippen LogP contribution in [0.3, 0.4) is 0 Å². The van der Waals surface area contributed by atoms with Crippen molar-refractivity contribution in [2.75, 3.05) is 6.54 Å². The van der Waals surface area contributed by atoms with E-state index in [2.05, 4.69) is 31.5 Å². The SMILES string of the molecule is c1cc2c(s1)CCCC2NCCc1nnc2n1CCCCC2. The van der Waals surface area contributed by atoms with Crippen LogP contribution >= 0.6 is 11.3 Å². The second-order valence-corrected chi connectivity index (χ2v) is 7.44. The number of hydrogen-bond donors (Lipinski definition) is 1. The van der Waals surface area contributed by atoms with Gasteiger partial charge in [-0.05, 0) is 49.1 Å². The Morgan fingerprint density at radius 3 is 3.18 bits per heavy atom. The zero-order valence-electron chi connectivity index (χ0n) is 13.1. The lowest BCUT2D eigenvalue weighted by Gasteiger charge is -2.23. The Morgan fingerprint density at radius 1 is 1.18 bits per heavy atom. The summed E-state index contributed by atoms with van der Waals surface area (Å²) in [7, 11) is 0. The van der Waals surface area contributed by atoms with Crippen molar-refractivity contribution in [1.82, 2.24) is 20.1 Å². The van der Waals surface area contributed by atoms with Crippen molar-refractivity contribution in [3.63, 3.8) is 0 Å². The van der Waals surface area contributed by atoms with E-state index in [0.717, 1.165) is 25.9 Å². The van der Waals surface area contributed by atoms with Crippen LogP contribution in [0.2, 0.25) is 0 Å². The van der Waals surface area contributed by atoms with E-state index in [1.54, 1.807) is 4.88 Å². The summed E-state index contributed by atoms with van der Waals surface area (Å²) >= 11 is 1.91. The molecule has 1 unspecified atom stereocenters. The van der Waals surface area contributed by atoms with Gasteiger partial charge in [-0.3, -0.25) is 0 Å². The van der Waals surface area contributed by atoms with Gasteiger partial charge in [-0.1, -0.05) is 6.42 Å². The van der Waals surface area contributed by atoms with Crippen molar-refractivity contribution in [3.05, 3.63) is 33.5 Å². The number of aromatic nitrogens is 3. The zero-order valence-corrected chi connectivity index (χ0v) is 13.9. The maximum absolute atomic E-state index is 4.43. The fraction of sp³-hybridized carbons (Fsp3) is 0.647. The number of rotatable bonds is 4. The van der Waals surface area contributed by atoms with Gasteiger partial charge in [0, 0.05) is 36.9 Å². The number of hydrogen-bond acceptors (Lipinski definition) is 4. The van der Waals surface area contributed by atoms with Crippen LogP contribution in [0.5, 0.6) is 0 Å². The third-order valence-corrected chi connectivity index (χ3v) is 5.97. The molecule has 0 saturated carbocycles. The summed E-state index contributed by atoms with van der Waals surface area (Å²) in [6, 6.07) is 2.85. The predicted molar refractivity (Wildman–Crippen MR) is 89.3 cm³/mol. The zero-order chi connectivity index (χ0) is 14.8. The third-order valence-electron chi connectivity index (χ3n) is 4.98. The Kier molecular flexibility index (Phi) is 4.26. The highest BCUT2D eigenvalue weighted by molar-refractivity contribution is 7.10. The van der Waals surface area contributed by atoms with Crippen molar-refractivity contribution in [1.29, 1.82) is 0 Å². The minimum absolute atomic E-state index is 0.543. The molecule has 0 amide bonds. The lowest BCUT2D eigenvalue weighted by molar-refractivity contribution is 0.461. The number of aryl methyl sites for hydroxylation is 2. The number of fused-ring (bicyclic) bond motifs is 2. The van der Waals surface area contributed by atoms with E-state index in [-0.39, 0.29) is 0 Å². The maximum atomic E-state index is 4.43. The minimum atomic E-state index is 0.543. The van der Waals surface area contributed by atoms with Gasteiger partial charge < -0.3 is 9.88 Å². The standard InChI is InChI=1S/C17H24N4S/c1-2-7-16-19-20-17(21(16)11-3-1)8-10-18-14-5-4-6-15-13(14)9-12-22-15/h9,12,14,18H,1-8,10-11H2. The van der Waals surface area contributed by atoms with E-state index in [0.29, 0.717) is 6.04 Å². The maximum Gasteiger partial charge on any atom is 0.134 e. The summed E-state index contributed by atoms with van der Waals surface area (Å²) in [4.78, 5) is 1.58. The summed E-state index contributed by atoms with van der Waals surface area (Å²) in [6.07, 6.45) is 9.79. The van der Waals surface area contributed by atoms with Gasteiger partial charge in [0.25, 0.3) is 0 Å². The molecule has 3 heterocycles. The molecule has 0 spiro atoms. The molecule has 0 fully saturated rings. The Bertz CT molecular complexity index is 630. The average molecular weight is 316 g/mol. The van der Waals surface area contributed by atoms with Crippen molar-refractivity contribution < 1.29 is 0 Å². The molecule has 5 heteroatoms.